The zero-order valence-electron chi connectivity index (χ0n) is 10.9. The summed E-state index contributed by atoms with van der Waals surface area (Å²) >= 11 is 0. The SMILES string of the molecule is Cc1ccc2c(ccc[n+]2Cc2ccccc2)c1.[Cl-]. The van der Waals surface area contributed by atoms with E-state index in [1.165, 1.54) is 22.0 Å². The Hall–Kier alpha value is -1.86. The number of halogens is 1. The third kappa shape index (κ3) is 2.94. The molecule has 2 heteroatoms. The van der Waals surface area contributed by atoms with Gasteiger partial charge in [-0.05, 0) is 19.1 Å². The van der Waals surface area contributed by atoms with Gasteiger partial charge in [0.1, 0.15) is 0 Å². The lowest BCUT2D eigenvalue weighted by Crippen LogP contribution is -3.00. The van der Waals surface area contributed by atoms with Crippen LogP contribution in [0.1, 0.15) is 11.1 Å². The second kappa shape index (κ2) is 5.85. The average Bonchev–Trinajstić information content (AvgIpc) is 2.40. The molecule has 96 valence electrons. The molecule has 0 saturated carbocycles. The van der Waals surface area contributed by atoms with Crippen molar-refractivity contribution >= 4 is 10.9 Å². The van der Waals surface area contributed by atoms with Gasteiger partial charge >= 0.3 is 0 Å². The van der Waals surface area contributed by atoms with E-state index in [2.05, 4.69) is 78.4 Å². The van der Waals surface area contributed by atoms with Crippen LogP contribution < -0.4 is 17.0 Å². The second-order valence-electron chi connectivity index (χ2n) is 4.68. The largest absolute Gasteiger partial charge is 1.00 e. The summed E-state index contributed by atoms with van der Waals surface area (Å²) in [5.41, 5.74) is 3.92. The molecule has 1 nitrogen and oxygen atoms in total. The van der Waals surface area contributed by atoms with Crippen molar-refractivity contribution in [2.24, 2.45) is 0 Å². The summed E-state index contributed by atoms with van der Waals surface area (Å²) in [6.07, 6.45) is 2.14. The van der Waals surface area contributed by atoms with Crippen LogP contribution in [0.3, 0.4) is 0 Å². The summed E-state index contributed by atoms with van der Waals surface area (Å²) in [5.74, 6) is 0. The number of fused-ring (bicyclic) bond motifs is 1. The summed E-state index contributed by atoms with van der Waals surface area (Å²) < 4.78 is 2.30. The predicted octanol–water partition coefficient (Wildman–Crippen LogP) is 0.488. The van der Waals surface area contributed by atoms with E-state index in [1.807, 2.05) is 0 Å². The maximum atomic E-state index is 2.30. The minimum atomic E-state index is 0. The number of aryl methyl sites for hydroxylation is 1. The van der Waals surface area contributed by atoms with Gasteiger partial charge in [-0.3, -0.25) is 0 Å². The minimum absolute atomic E-state index is 0. The first kappa shape index (κ1) is 13.6. The van der Waals surface area contributed by atoms with Gasteiger partial charge in [0, 0.05) is 23.1 Å². The molecule has 19 heavy (non-hydrogen) atoms. The van der Waals surface area contributed by atoms with Crippen LogP contribution >= 0.6 is 0 Å². The Morgan fingerprint density at radius 1 is 0.895 bits per heavy atom. The fourth-order valence-corrected chi connectivity index (χ4v) is 2.32. The van der Waals surface area contributed by atoms with Crippen LogP contribution in [-0.2, 0) is 6.54 Å². The molecule has 1 aromatic heterocycles. The van der Waals surface area contributed by atoms with Gasteiger partial charge in [-0.25, -0.2) is 0 Å². The van der Waals surface area contributed by atoms with Crippen molar-refractivity contribution < 1.29 is 17.0 Å². The first-order chi connectivity index (χ1) is 8.83. The first-order valence-electron chi connectivity index (χ1n) is 6.26. The lowest BCUT2D eigenvalue weighted by atomic mass is 10.1. The van der Waals surface area contributed by atoms with Crippen molar-refractivity contribution in [2.75, 3.05) is 0 Å². The normalized spacial score (nSPS) is 10.2. The van der Waals surface area contributed by atoms with Gasteiger partial charge in [0.25, 0.3) is 0 Å². The number of hydrogen-bond donors (Lipinski definition) is 0. The number of rotatable bonds is 2. The molecule has 0 aliphatic heterocycles. The molecule has 0 fully saturated rings. The van der Waals surface area contributed by atoms with E-state index in [1.54, 1.807) is 0 Å². The van der Waals surface area contributed by atoms with Crippen molar-refractivity contribution in [2.45, 2.75) is 13.5 Å². The molecule has 0 N–H and O–H groups in total. The molecule has 0 unspecified atom stereocenters. The van der Waals surface area contributed by atoms with Crippen LogP contribution in [-0.4, -0.2) is 0 Å². The van der Waals surface area contributed by atoms with E-state index in [0.29, 0.717) is 0 Å². The maximum Gasteiger partial charge on any atom is 0.212 e. The van der Waals surface area contributed by atoms with Crippen molar-refractivity contribution in [1.29, 1.82) is 0 Å². The molecular formula is C17H16ClN. The molecule has 2 aromatic carbocycles. The third-order valence-corrected chi connectivity index (χ3v) is 3.23. The molecule has 3 rings (SSSR count). The van der Waals surface area contributed by atoms with Gasteiger partial charge in [-0.2, -0.15) is 4.57 Å². The molecular weight excluding hydrogens is 254 g/mol. The first-order valence-corrected chi connectivity index (χ1v) is 6.26. The smallest absolute Gasteiger partial charge is 0.212 e. The van der Waals surface area contributed by atoms with Crippen LogP contribution in [0.15, 0.2) is 66.9 Å². The second-order valence-corrected chi connectivity index (χ2v) is 4.68. The van der Waals surface area contributed by atoms with Crippen LogP contribution in [0.2, 0.25) is 0 Å². The van der Waals surface area contributed by atoms with Crippen LogP contribution in [0.5, 0.6) is 0 Å². The van der Waals surface area contributed by atoms with Gasteiger partial charge in [-0.1, -0.05) is 42.0 Å². The topological polar surface area (TPSA) is 3.88 Å². The summed E-state index contributed by atoms with van der Waals surface area (Å²) in [4.78, 5) is 0. The van der Waals surface area contributed by atoms with Crippen molar-refractivity contribution in [1.82, 2.24) is 0 Å². The highest BCUT2D eigenvalue weighted by Crippen LogP contribution is 2.12. The van der Waals surface area contributed by atoms with Crippen LogP contribution in [0.4, 0.5) is 0 Å². The van der Waals surface area contributed by atoms with E-state index < -0.39 is 0 Å². The number of benzene rings is 2. The Bertz CT molecular complexity index is 677. The molecule has 0 bridgehead atoms. The minimum Gasteiger partial charge on any atom is -1.00 e. The third-order valence-electron chi connectivity index (χ3n) is 3.23. The molecule has 0 aliphatic rings. The Labute approximate surface area is 119 Å². The maximum absolute atomic E-state index is 2.30. The monoisotopic (exact) mass is 269 g/mol. The van der Waals surface area contributed by atoms with E-state index in [9.17, 15) is 0 Å². The zero-order chi connectivity index (χ0) is 12.4. The van der Waals surface area contributed by atoms with Crippen LogP contribution in [0, 0.1) is 6.92 Å². The van der Waals surface area contributed by atoms with Gasteiger partial charge in [0.05, 0.1) is 0 Å². The number of nitrogens with zero attached hydrogens (tertiary/aromatic N) is 1. The van der Waals surface area contributed by atoms with E-state index in [0.717, 1.165) is 6.54 Å². The Balaban J connectivity index is 0.00000133. The highest BCUT2D eigenvalue weighted by atomic mass is 35.5. The van der Waals surface area contributed by atoms with Crippen molar-refractivity contribution in [3.8, 4) is 0 Å². The lowest BCUT2D eigenvalue weighted by molar-refractivity contribution is -0.662. The summed E-state index contributed by atoms with van der Waals surface area (Å²) in [5, 5.41) is 1.30. The molecule has 3 aromatic rings. The van der Waals surface area contributed by atoms with Crippen molar-refractivity contribution in [3.63, 3.8) is 0 Å². The summed E-state index contributed by atoms with van der Waals surface area (Å²) in [6.45, 7) is 3.05. The average molecular weight is 270 g/mol. The number of aromatic nitrogens is 1. The molecule has 0 saturated heterocycles. The standard InChI is InChI=1S/C17H16N.ClH/c1-14-9-10-17-16(12-14)8-5-11-18(17)13-15-6-3-2-4-7-15;/h2-12H,13H2,1H3;1H/q+1;/p-1. The highest BCUT2D eigenvalue weighted by Gasteiger charge is 2.08. The fourth-order valence-electron chi connectivity index (χ4n) is 2.32. The molecule has 0 aliphatic carbocycles. The quantitative estimate of drug-likeness (QED) is 0.596. The van der Waals surface area contributed by atoms with Crippen molar-refractivity contribution in [3.05, 3.63) is 78.0 Å². The van der Waals surface area contributed by atoms with E-state index in [4.69, 9.17) is 0 Å². The Morgan fingerprint density at radius 3 is 2.47 bits per heavy atom. The van der Waals surface area contributed by atoms with Gasteiger partial charge in [0.2, 0.25) is 5.52 Å². The summed E-state index contributed by atoms with van der Waals surface area (Å²) in [7, 11) is 0. The lowest BCUT2D eigenvalue weighted by Gasteiger charge is -2.02. The number of pyridine rings is 1. The predicted molar refractivity (Wildman–Crippen MR) is 74.4 cm³/mol. The summed E-state index contributed by atoms with van der Waals surface area (Å²) in [6, 6.07) is 21.5. The van der Waals surface area contributed by atoms with E-state index >= 15 is 0 Å². The van der Waals surface area contributed by atoms with E-state index in [-0.39, 0.29) is 12.4 Å². The Morgan fingerprint density at radius 2 is 1.68 bits per heavy atom. The molecule has 0 spiro atoms. The highest BCUT2D eigenvalue weighted by molar-refractivity contribution is 5.76. The fraction of sp³-hybridized carbons (Fsp3) is 0.118. The molecule has 0 atom stereocenters. The van der Waals surface area contributed by atoms with Gasteiger partial charge in [0.15, 0.2) is 12.7 Å². The number of hydrogen-bond acceptors (Lipinski definition) is 0. The van der Waals surface area contributed by atoms with Gasteiger partial charge in [-0.15, -0.1) is 0 Å². The Kier molecular flexibility index (Phi) is 4.18. The zero-order valence-corrected chi connectivity index (χ0v) is 11.6. The molecule has 0 radical (unpaired) electrons. The molecule has 1 heterocycles. The van der Waals surface area contributed by atoms with Gasteiger partial charge < -0.3 is 12.4 Å². The van der Waals surface area contributed by atoms with Crippen LogP contribution in [0.25, 0.3) is 10.9 Å². The molecule has 0 amide bonds.